The number of nitrogens with zero attached hydrogens (tertiary/aromatic N) is 2. The molecule has 0 spiro atoms. The summed E-state index contributed by atoms with van der Waals surface area (Å²) in [5.41, 5.74) is 1.58. The van der Waals surface area contributed by atoms with Crippen LogP contribution in [0.4, 0.5) is 13.2 Å². The fraction of sp³-hybridized carbons (Fsp3) is 0.286. The van der Waals surface area contributed by atoms with Crippen molar-refractivity contribution in [3.8, 4) is 5.75 Å². The van der Waals surface area contributed by atoms with Crippen molar-refractivity contribution in [3.63, 3.8) is 0 Å². The summed E-state index contributed by atoms with van der Waals surface area (Å²) in [6.45, 7) is 1.90. The van der Waals surface area contributed by atoms with Crippen molar-refractivity contribution in [1.29, 1.82) is 0 Å². The number of benzene rings is 1. The highest BCUT2D eigenvalue weighted by Gasteiger charge is 2.30. The second kappa shape index (κ2) is 5.99. The quantitative estimate of drug-likeness (QED) is 0.852. The number of carbonyl (C=O) groups is 1. The SMILES string of the molecule is CC(=O)Cc1cnn(Cc2ccc(OC(F)(F)F)cc2)c1. The molecule has 7 heteroatoms. The van der Waals surface area contributed by atoms with E-state index in [1.807, 2.05) is 0 Å². The van der Waals surface area contributed by atoms with E-state index in [9.17, 15) is 18.0 Å². The van der Waals surface area contributed by atoms with E-state index >= 15 is 0 Å². The highest BCUT2D eigenvalue weighted by molar-refractivity contribution is 5.77. The molecule has 2 aromatic rings. The lowest BCUT2D eigenvalue weighted by Crippen LogP contribution is -2.17. The van der Waals surface area contributed by atoms with Gasteiger partial charge in [0.2, 0.25) is 0 Å². The van der Waals surface area contributed by atoms with Crippen molar-refractivity contribution >= 4 is 5.78 Å². The average molecular weight is 298 g/mol. The van der Waals surface area contributed by atoms with Gasteiger partial charge in [0.15, 0.2) is 0 Å². The van der Waals surface area contributed by atoms with Gasteiger partial charge in [0.1, 0.15) is 11.5 Å². The summed E-state index contributed by atoms with van der Waals surface area (Å²) in [5.74, 6) is -0.216. The molecule has 0 bridgehead atoms. The second-order valence-electron chi connectivity index (χ2n) is 4.62. The molecule has 0 amide bonds. The highest BCUT2D eigenvalue weighted by atomic mass is 19.4. The number of ketones is 1. The minimum absolute atomic E-state index is 0.0446. The molecule has 0 N–H and O–H groups in total. The van der Waals surface area contributed by atoms with Crippen LogP contribution in [0, 0.1) is 0 Å². The molecule has 1 aromatic carbocycles. The summed E-state index contributed by atoms with van der Waals surface area (Å²) in [4.78, 5) is 11.0. The number of hydrogen-bond donors (Lipinski definition) is 0. The zero-order valence-corrected chi connectivity index (χ0v) is 11.2. The van der Waals surface area contributed by atoms with Crippen LogP contribution in [-0.4, -0.2) is 21.9 Å². The van der Waals surface area contributed by atoms with Crippen molar-refractivity contribution in [1.82, 2.24) is 9.78 Å². The molecule has 1 aromatic heterocycles. The fourth-order valence-corrected chi connectivity index (χ4v) is 1.86. The molecular weight excluding hydrogens is 285 g/mol. The topological polar surface area (TPSA) is 44.1 Å². The highest BCUT2D eigenvalue weighted by Crippen LogP contribution is 2.22. The molecule has 0 unspecified atom stereocenters. The van der Waals surface area contributed by atoms with Crippen LogP contribution in [0.1, 0.15) is 18.1 Å². The van der Waals surface area contributed by atoms with Gasteiger partial charge in [-0.1, -0.05) is 12.1 Å². The molecule has 0 atom stereocenters. The smallest absolute Gasteiger partial charge is 0.406 e. The van der Waals surface area contributed by atoms with E-state index < -0.39 is 6.36 Å². The summed E-state index contributed by atoms with van der Waals surface area (Å²) >= 11 is 0. The average Bonchev–Trinajstić information content (AvgIpc) is 2.76. The maximum absolute atomic E-state index is 12.0. The Kier molecular flexibility index (Phi) is 4.30. The van der Waals surface area contributed by atoms with E-state index in [-0.39, 0.29) is 11.5 Å². The van der Waals surface area contributed by atoms with Crippen LogP contribution < -0.4 is 4.74 Å². The van der Waals surface area contributed by atoms with Crippen LogP contribution >= 0.6 is 0 Å². The van der Waals surface area contributed by atoms with E-state index in [1.165, 1.54) is 31.2 Å². The van der Waals surface area contributed by atoms with Crippen molar-refractivity contribution in [2.24, 2.45) is 0 Å². The van der Waals surface area contributed by atoms with E-state index in [4.69, 9.17) is 0 Å². The van der Waals surface area contributed by atoms with Crippen molar-refractivity contribution in [2.45, 2.75) is 26.3 Å². The minimum Gasteiger partial charge on any atom is -0.406 e. The standard InChI is InChI=1S/C14H13F3N2O2/c1-10(20)6-12-7-18-19(9-12)8-11-2-4-13(5-3-11)21-14(15,16)17/h2-5,7,9H,6,8H2,1H3. The number of carbonyl (C=O) groups excluding carboxylic acids is 1. The van der Waals surface area contributed by atoms with Gasteiger partial charge in [-0.2, -0.15) is 5.10 Å². The van der Waals surface area contributed by atoms with E-state index in [0.29, 0.717) is 13.0 Å². The second-order valence-corrected chi connectivity index (χ2v) is 4.62. The first-order valence-corrected chi connectivity index (χ1v) is 6.17. The van der Waals surface area contributed by atoms with Gasteiger partial charge in [-0.25, -0.2) is 0 Å². The normalized spacial score (nSPS) is 11.4. The van der Waals surface area contributed by atoms with Gasteiger partial charge in [-0.05, 0) is 30.2 Å². The van der Waals surface area contributed by atoms with Crippen LogP contribution in [0.5, 0.6) is 5.75 Å². The van der Waals surface area contributed by atoms with Crippen molar-refractivity contribution < 1.29 is 22.7 Å². The number of alkyl halides is 3. The van der Waals surface area contributed by atoms with Gasteiger partial charge in [0.25, 0.3) is 0 Å². The Morgan fingerprint density at radius 2 is 1.90 bits per heavy atom. The third-order valence-electron chi connectivity index (χ3n) is 2.64. The van der Waals surface area contributed by atoms with Gasteiger partial charge >= 0.3 is 6.36 Å². The number of rotatable bonds is 5. The van der Waals surface area contributed by atoms with Crippen LogP contribution in [0.25, 0.3) is 0 Å². The fourth-order valence-electron chi connectivity index (χ4n) is 1.86. The summed E-state index contributed by atoms with van der Waals surface area (Å²) < 4.78 is 41.5. The lowest BCUT2D eigenvalue weighted by atomic mass is 10.2. The van der Waals surface area contributed by atoms with Crippen molar-refractivity contribution in [2.75, 3.05) is 0 Å². The summed E-state index contributed by atoms with van der Waals surface area (Å²) in [6, 6.07) is 5.58. The monoisotopic (exact) mass is 298 g/mol. The van der Waals surface area contributed by atoms with Crippen LogP contribution in [-0.2, 0) is 17.8 Å². The number of hydrogen-bond acceptors (Lipinski definition) is 3. The molecule has 2 rings (SSSR count). The largest absolute Gasteiger partial charge is 0.573 e. The lowest BCUT2D eigenvalue weighted by Gasteiger charge is -2.09. The summed E-state index contributed by atoms with van der Waals surface area (Å²) in [5, 5.41) is 4.10. The molecule has 0 fully saturated rings. The Balaban J connectivity index is 2.00. The van der Waals surface area contributed by atoms with Crippen LogP contribution in [0.2, 0.25) is 0 Å². The molecule has 0 saturated carbocycles. The predicted molar refractivity (Wildman–Crippen MR) is 68.8 cm³/mol. The molecule has 0 radical (unpaired) electrons. The molecule has 0 saturated heterocycles. The van der Waals surface area contributed by atoms with E-state index in [2.05, 4.69) is 9.84 Å². The summed E-state index contributed by atoms with van der Waals surface area (Å²) in [7, 11) is 0. The maximum Gasteiger partial charge on any atom is 0.573 e. The minimum atomic E-state index is -4.69. The van der Waals surface area contributed by atoms with Crippen LogP contribution in [0.3, 0.4) is 0 Å². The van der Waals surface area contributed by atoms with Gasteiger partial charge in [0, 0.05) is 12.6 Å². The van der Waals surface area contributed by atoms with Gasteiger partial charge in [-0.3, -0.25) is 9.48 Å². The third kappa shape index (κ3) is 4.94. The van der Waals surface area contributed by atoms with Crippen LogP contribution in [0.15, 0.2) is 36.7 Å². The Labute approximate surface area is 119 Å². The first kappa shape index (κ1) is 15.1. The summed E-state index contributed by atoms with van der Waals surface area (Å²) in [6.07, 6.45) is -1.03. The molecule has 21 heavy (non-hydrogen) atoms. The molecule has 112 valence electrons. The number of halogens is 3. The zero-order valence-electron chi connectivity index (χ0n) is 11.2. The molecule has 1 heterocycles. The van der Waals surface area contributed by atoms with Gasteiger partial charge in [0.05, 0.1) is 12.7 Å². The number of Topliss-reactive ketones (excluding diaryl/α,β-unsaturated/α-hetero) is 1. The van der Waals surface area contributed by atoms with Crippen molar-refractivity contribution in [3.05, 3.63) is 47.8 Å². The molecular formula is C14H13F3N2O2. The van der Waals surface area contributed by atoms with E-state index in [0.717, 1.165) is 11.1 Å². The molecule has 0 aliphatic rings. The van der Waals surface area contributed by atoms with E-state index in [1.54, 1.807) is 17.1 Å². The predicted octanol–water partition coefficient (Wildman–Crippen LogP) is 2.96. The molecule has 0 aliphatic carbocycles. The first-order chi connectivity index (χ1) is 9.82. The third-order valence-corrected chi connectivity index (χ3v) is 2.64. The lowest BCUT2D eigenvalue weighted by molar-refractivity contribution is -0.274. The Morgan fingerprint density at radius 1 is 1.24 bits per heavy atom. The molecule has 0 aliphatic heterocycles. The zero-order chi connectivity index (χ0) is 15.5. The number of aromatic nitrogens is 2. The Hall–Kier alpha value is -2.31. The number of ether oxygens (including phenoxy) is 1. The van der Waals surface area contributed by atoms with Gasteiger partial charge < -0.3 is 4.74 Å². The Bertz CT molecular complexity index is 618. The maximum atomic E-state index is 12.0. The van der Waals surface area contributed by atoms with Gasteiger partial charge in [-0.15, -0.1) is 13.2 Å². The Morgan fingerprint density at radius 3 is 2.48 bits per heavy atom. The molecule has 4 nitrogen and oxygen atoms in total. The first-order valence-electron chi connectivity index (χ1n) is 6.17.